The lowest BCUT2D eigenvalue weighted by Gasteiger charge is -2.55. The molecule has 0 unspecified atom stereocenters. The monoisotopic (exact) mass is 218 g/mol. The molecule has 4 saturated carbocycles. The van der Waals surface area contributed by atoms with Crippen molar-refractivity contribution >= 4 is 5.97 Å². The van der Waals surface area contributed by atoms with Crippen LogP contribution >= 0.6 is 0 Å². The van der Waals surface area contributed by atoms with Crippen LogP contribution in [0.5, 0.6) is 0 Å². The van der Waals surface area contributed by atoms with E-state index in [1.54, 1.807) is 0 Å². The highest BCUT2D eigenvalue weighted by atomic mass is 16.5. The summed E-state index contributed by atoms with van der Waals surface area (Å²) < 4.78 is 5.20. The zero-order valence-corrected chi connectivity index (χ0v) is 9.58. The Morgan fingerprint density at radius 2 is 1.69 bits per heavy atom. The van der Waals surface area contributed by atoms with Gasteiger partial charge in [-0.25, -0.2) is 0 Å². The molecule has 0 aromatic heterocycles. The van der Waals surface area contributed by atoms with Gasteiger partial charge in [0.1, 0.15) is 0 Å². The van der Waals surface area contributed by atoms with Crippen LogP contribution in [0.3, 0.4) is 0 Å². The molecule has 0 saturated heterocycles. The summed E-state index contributed by atoms with van der Waals surface area (Å²) in [7, 11) is 0. The van der Waals surface area contributed by atoms with Crippen LogP contribution in [0.2, 0.25) is 0 Å². The van der Waals surface area contributed by atoms with Crippen LogP contribution in [0.1, 0.15) is 38.5 Å². The maximum absolute atomic E-state index is 12.1. The normalized spacial score (nSPS) is 44.1. The lowest BCUT2D eigenvalue weighted by Crippen LogP contribution is -2.50. The van der Waals surface area contributed by atoms with E-state index in [9.17, 15) is 4.79 Å². The number of terminal acetylenes is 1. The van der Waals surface area contributed by atoms with Crippen molar-refractivity contribution in [3.05, 3.63) is 0 Å². The second kappa shape index (κ2) is 3.52. The minimum atomic E-state index is -0.147. The van der Waals surface area contributed by atoms with E-state index in [0.717, 1.165) is 37.0 Å². The third kappa shape index (κ3) is 1.45. The van der Waals surface area contributed by atoms with Gasteiger partial charge >= 0.3 is 5.97 Å². The van der Waals surface area contributed by atoms with Crippen molar-refractivity contribution in [3.63, 3.8) is 0 Å². The zero-order chi connectivity index (χ0) is 11.2. The topological polar surface area (TPSA) is 26.3 Å². The Bertz CT molecular complexity index is 315. The number of ether oxygens (including phenoxy) is 1. The van der Waals surface area contributed by atoms with Crippen LogP contribution in [0.4, 0.5) is 0 Å². The fraction of sp³-hybridized carbons (Fsp3) is 0.786. The van der Waals surface area contributed by atoms with Crippen LogP contribution in [0, 0.1) is 35.5 Å². The van der Waals surface area contributed by atoms with Crippen molar-refractivity contribution in [1.29, 1.82) is 0 Å². The first-order valence-electron chi connectivity index (χ1n) is 6.32. The van der Waals surface area contributed by atoms with E-state index in [-0.39, 0.29) is 18.0 Å². The summed E-state index contributed by atoms with van der Waals surface area (Å²) in [6.07, 6.45) is 12.4. The molecular formula is C14H18O2. The summed E-state index contributed by atoms with van der Waals surface area (Å²) in [4.78, 5) is 12.1. The standard InChI is InChI=1S/C14H18O2/c1-2-3-16-13(15)14-7-10-4-11(8-14)6-12(5-10)9-14/h1,10-12H,3-9H2. The summed E-state index contributed by atoms with van der Waals surface area (Å²) >= 11 is 0. The molecule has 4 aliphatic carbocycles. The minimum absolute atomic E-state index is 0.00968. The Morgan fingerprint density at radius 1 is 1.19 bits per heavy atom. The fourth-order valence-corrected chi connectivity index (χ4v) is 4.62. The third-order valence-electron chi connectivity index (χ3n) is 4.76. The van der Waals surface area contributed by atoms with Gasteiger partial charge in [-0.15, -0.1) is 6.42 Å². The molecular weight excluding hydrogens is 200 g/mol. The van der Waals surface area contributed by atoms with E-state index >= 15 is 0 Å². The summed E-state index contributed by atoms with van der Waals surface area (Å²) in [6.45, 7) is 0.139. The Balaban J connectivity index is 1.78. The van der Waals surface area contributed by atoms with Crippen LogP contribution < -0.4 is 0 Å². The molecule has 4 aliphatic rings. The molecule has 4 rings (SSSR count). The Morgan fingerprint density at radius 3 is 2.12 bits per heavy atom. The first-order valence-corrected chi connectivity index (χ1v) is 6.32. The maximum Gasteiger partial charge on any atom is 0.313 e. The second-order valence-electron chi connectivity index (χ2n) is 5.98. The first kappa shape index (κ1) is 10.2. The average molecular weight is 218 g/mol. The van der Waals surface area contributed by atoms with Gasteiger partial charge in [0.25, 0.3) is 0 Å². The molecule has 0 radical (unpaired) electrons. The largest absolute Gasteiger partial charge is 0.452 e. The number of hydrogen-bond acceptors (Lipinski definition) is 2. The van der Waals surface area contributed by atoms with Gasteiger partial charge in [0.05, 0.1) is 5.41 Å². The van der Waals surface area contributed by atoms with Crippen molar-refractivity contribution in [3.8, 4) is 12.3 Å². The van der Waals surface area contributed by atoms with E-state index in [2.05, 4.69) is 5.92 Å². The van der Waals surface area contributed by atoms with E-state index in [1.807, 2.05) is 0 Å². The van der Waals surface area contributed by atoms with Gasteiger partial charge in [-0.1, -0.05) is 5.92 Å². The quantitative estimate of drug-likeness (QED) is 0.525. The van der Waals surface area contributed by atoms with Crippen LogP contribution in [0.25, 0.3) is 0 Å². The maximum atomic E-state index is 12.1. The molecule has 4 bridgehead atoms. The Labute approximate surface area is 96.7 Å². The number of esters is 1. The van der Waals surface area contributed by atoms with Gasteiger partial charge in [-0.05, 0) is 56.3 Å². The molecule has 0 amide bonds. The summed E-state index contributed by atoms with van der Waals surface area (Å²) in [5.74, 6) is 4.72. The number of carbonyl (C=O) groups excluding carboxylic acids is 1. The number of carbonyl (C=O) groups is 1. The van der Waals surface area contributed by atoms with Crippen molar-refractivity contribution in [2.45, 2.75) is 38.5 Å². The van der Waals surface area contributed by atoms with Crippen LogP contribution in [-0.4, -0.2) is 12.6 Å². The Kier molecular flexibility index (Phi) is 2.24. The predicted molar refractivity (Wildman–Crippen MR) is 60.4 cm³/mol. The molecule has 0 aromatic carbocycles. The lowest BCUT2D eigenvalue weighted by atomic mass is 9.49. The SMILES string of the molecule is C#CCOC(=O)C12CC3CC(CC(C3)C1)C2. The van der Waals surface area contributed by atoms with Crippen LogP contribution in [-0.2, 0) is 9.53 Å². The van der Waals surface area contributed by atoms with Gasteiger partial charge in [-0.2, -0.15) is 0 Å². The molecule has 0 spiro atoms. The van der Waals surface area contributed by atoms with Crippen molar-refractivity contribution in [1.82, 2.24) is 0 Å². The van der Waals surface area contributed by atoms with E-state index < -0.39 is 0 Å². The van der Waals surface area contributed by atoms with Crippen LogP contribution in [0.15, 0.2) is 0 Å². The Hall–Kier alpha value is -0.970. The second-order valence-corrected chi connectivity index (χ2v) is 5.98. The number of hydrogen-bond donors (Lipinski definition) is 0. The highest BCUT2D eigenvalue weighted by Crippen LogP contribution is 2.60. The van der Waals surface area contributed by atoms with Gasteiger partial charge in [0, 0.05) is 0 Å². The summed E-state index contributed by atoms with van der Waals surface area (Å²) in [5.41, 5.74) is -0.147. The van der Waals surface area contributed by atoms with Crippen molar-refractivity contribution in [2.24, 2.45) is 23.2 Å². The fourth-order valence-electron chi connectivity index (χ4n) is 4.62. The van der Waals surface area contributed by atoms with E-state index in [1.165, 1.54) is 19.3 Å². The zero-order valence-electron chi connectivity index (χ0n) is 9.58. The van der Waals surface area contributed by atoms with Gasteiger partial charge in [-0.3, -0.25) is 4.79 Å². The molecule has 16 heavy (non-hydrogen) atoms. The van der Waals surface area contributed by atoms with Gasteiger partial charge in [0.2, 0.25) is 0 Å². The van der Waals surface area contributed by atoms with Crippen molar-refractivity contribution in [2.75, 3.05) is 6.61 Å². The third-order valence-corrected chi connectivity index (χ3v) is 4.76. The molecule has 0 atom stereocenters. The highest BCUT2D eigenvalue weighted by Gasteiger charge is 2.55. The van der Waals surface area contributed by atoms with Gasteiger partial charge in [0.15, 0.2) is 6.61 Å². The first-order chi connectivity index (χ1) is 7.72. The lowest BCUT2D eigenvalue weighted by molar-refractivity contribution is -0.170. The predicted octanol–water partition coefficient (Wildman–Crippen LogP) is 2.38. The molecule has 0 N–H and O–H groups in total. The minimum Gasteiger partial charge on any atom is -0.452 e. The highest BCUT2D eigenvalue weighted by molar-refractivity contribution is 5.77. The van der Waals surface area contributed by atoms with Gasteiger partial charge < -0.3 is 4.74 Å². The molecule has 2 heteroatoms. The number of rotatable bonds is 2. The molecule has 86 valence electrons. The molecule has 0 heterocycles. The summed E-state index contributed by atoms with van der Waals surface area (Å²) in [5, 5.41) is 0. The van der Waals surface area contributed by atoms with Crippen molar-refractivity contribution < 1.29 is 9.53 Å². The molecule has 0 aromatic rings. The molecule has 4 fully saturated rings. The summed E-state index contributed by atoms with van der Waals surface area (Å²) in [6, 6.07) is 0. The van der Waals surface area contributed by atoms with E-state index in [0.29, 0.717) is 0 Å². The molecule has 0 aliphatic heterocycles. The molecule has 2 nitrogen and oxygen atoms in total. The van der Waals surface area contributed by atoms with E-state index in [4.69, 9.17) is 11.2 Å². The average Bonchev–Trinajstić information content (AvgIpc) is 2.24. The smallest absolute Gasteiger partial charge is 0.313 e.